The summed E-state index contributed by atoms with van der Waals surface area (Å²) in [7, 11) is 1.17. The molecule has 1 aliphatic rings. The van der Waals surface area contributed by atoms with E-state index < -0.39 is 23.7 Å². The molecular formula is C25H24ClN3O5S. The zero-order valence-corrected chi connectivity index (χ0v) is 21.0. The molecular weight excluding hydrogens is 490 g/mol. The lowest BCUT2D eigenvalue weighted by Crippen LogP contribution is -2.44. The van der Waals surface area contributed by atoms with Gasteiger partial charge in [0.25, 0.3) is 0 Å². The van der Waals surface area contributed by atoms with Crippen LogP contribution in [0.1, 0.15) is 24.0 Å². The highest BCUT2D eigenvalue weighted by atomic mass is 35.5. The first-order valence-electron chi connectivity index (χ1n) is 10.7. The number of methoxy groups -OCH3 is 1. The summed E-state index contributed by atoms with van der Waals surface area (Å²) in [6.45, 7) is 4.17. The molecule has 0 unspecified atom stereocenters. The van der Waals surface area contributed by atoms with Crippen LogP contribution in [0, 0.1) is 24.2 Å². The molecule has 2 atom stereocenters. The summed E-state index contributed by atoms with van der Waals surface area (Å²) in [6.07, 6.45) is 0. The lowest BCUT2D eigenvalue weighted by Gasteiger charge is -2.31. The largest absolute Gasteiger partial charge is 0.492 e. The molecule has 0 spiro atoms. The summed E-state index contributed by atoms with van der Waals surface area (Å²) < 4.78 is 10.3. The molecule has 0 saturated heterocycles. The Morgan fingerprint density at radius 1 is 1.23 bits per heavy atom. The smallest absolute Gasteiger partial charge is 0.319 e. The topological polar surface area (TPSA) is 118 Å². The lowest BCUT2D eigenvalue weighted by atomic mass is 9.78. The number of esters is 1. The van der Waals surface area contributed by atoms with E-state index in [1.54, 1.807) is 30.3 Å². The van der Waals surface area contributed by atoms with Crippen LogP contribution in [0.5, 0.6) is 5.75 Å². The number of hydrogen-bond acceptors (Lipinski definition) is 7. The second kappa shape index (κ2) is 11.8. The van der Waals surface area contributed by atoms with Crippen LogP contribution in [0.4, 0.5) is 5.69 Å². The molecule has 2 amide bonds. The van der Waals surface area contributed by atoms with Gasteiger partial charge in [0.15, 0.2) is 0 Å². The van der Waals surface area contributed by atoms with Gasteiger partial charge in [0, 0.05) is 11.6 Å². The van der Waals surface area contributed by atoms with Crippen molar-refractivity contribution in [1.82, 2.24) is 5.32 Å². The third-order valence-corrected chi connectivity index (χ3v) is 6.59. The Kier molecular flexibility index (Phi) is 8.79. The van der Waals surface area contributed by atoms with E-state index in [0.29, 0.717) is 23.6 Å². The number of halogens is 1. The van der Waals surface area contributed by atoms with Gasteiger partial charge in [0.2, 0.25) is 11.8 Å². The number of nitrogens with one attached hydrogen (secondary N) is 2. The predicted molar refractivity (Wildman–Crippen MR) is 134 cm³/mol. The van der Waals surface area contributed by atoms with Crippen molar-refractivity contribution >= 4 is 46.8 Å². The van der Waals surface area contributed by atoms with Crippen molar-refractivity contribution in [1.29, 1.82) is 5.26 Å². The van der Waals surface area contributed by atoms with Crippen LogP contribution in [0.15, 0.2) is 53.1 Å². The summed E-state index contributed by atoms with van der Waals surface area (Å²) in [5.74, 6) is -3.59. The van der Waals surface area contributed by atoms with Crippen molar-refractivity contribution in [3.8, 4) is 11.8 Å². The van der Waals surface area contributed by atoms with E-state index in [2.05, 4.69) is 16.7 Å². The van der Waals surface area contributed by atoms with Crippen molar-refractivity contribution < 1.29 is 23.9 Å². The normalized spacial score (nSPS) is 17.3. The number of nitriles is 1. The molecule has 2 aromatic rings. The van der Waals surface area contributed by atoms with Crippen LogP contribution in [0.3, 0.4) is 0 Å². The van der Waals surface area contributed by atoms with E-state index >= 15 is 0 Å². The molecule has 35 heavy (non-hydrogen) atoms. The predicted octanol–water partition coefficient (Wildman–Crippen LogP) is 4.16. The summed E-state index contributed by atoms with van der Waals surface area (Å²) in [4.78, 5) is 38.0. The molecule has 0 bridgehead atoms. The van der Waals surface area contributed by atoms with E-state index in [0.717, 1.165) is 17.3 Å². The highest BCUT2D eigenvalue weighted by Gasteiger charge is 2.44. The van der Waals surface area contributed by atoms with Crippen LogP contribution < -0.4 is 15.4 Å². The van der Waals surface area contributed by atoms with Crippen molar-refractivity contribution in [3.05, 3.63) is 69.2 Å². The molecule has 8 nitrogen and oxygen atoms in total. The van der Waals surface area contributed by atoms with E-state index in [9.17, 15) is 19.6 Å². The lowest BCUT2D eigenvalue weighted by molar-refractivity contribution is -0.150. The molecule has 0 aliphatic carbocycles. The second-order valence-electron chi connectivity index (χ2n) is 7.65. The quantitative estimate of drug-likeness (QED) is 0.402. The van der Waals surface area contributed by atoms with Gasteiger partial charge in [-0.25, -0.2) is 0 Å². The molecule has 182 valence electrons. The number of amides is 2. The highest BCUT2D eigenvalue weighted by Crippen LogP contribution is 2.42. The zero-order chi connectivity index (χ0) is 25.5. The summed E-state index contributed by atoms with van der Waals surface area (Å²) >= 11 is 7.35. The number of benzene rings is 2. The number of aryl methyl sites for hydroxylation is 1. The van der Waals surface area contributed by atoms with Gasteiger partial charge in [-0.2, -0.15) is 5.26 Å². The van der Waals surface area contributed by atoms with E-state index in [-0.39, 0.29) is 27.3 Å². The molecule has 1 heterocycles. The maximum Gasteiger partial charge on any atom is 0.319 e. The van der Waals surface area contributed by atoms with Crippen molar-refractivity contribution in [3.63, 3.8) is 0 Å². The molecule has 0 fully saturated rings. The number of carbonyl (C=O) groups excluding carboxylic acids is 3. The number of ether oxygens (including phenoxy) is 2. The second-order valence-corrected chi connectivity index (χ2v) is 9.04. The van der Waals surface area contributed by atoms with E-state index in [1.165, 1.54) is 7.11 Å². The standard InChI is InChI=1S/C25H24ClN3O5S/c1-4-34-19-10-7-15(11-18(19)26)21-17(12-27)24(29-23(31)22(21)25(32)33-3)35-13-20(30)28-16-8-5-14(2)6-9-16/h5-11,21-22H,4,13H2,1-3H3,(H,28,30)(H,29,31)/t21-,22+/m0/s1. The Hall–Kier alpha value is -3.48. The first-order valence-corrected chi connectivity index (χ1v) is 12.1. The number of nitrogens with zero attached hydrogens (tertiary/aromatic N) is 1. The minimum absolute atomic E-state index is 0.0612. The first kappa shape index (κ1) is 26.1. The Morgan fingerprint density at radius 3 is 2.54 bits per heavy atom. The number of carbonyl (C=O) groups is 3. The average Bonchev–Trinajstić information content (AvgIpc) is 2.84. The molecule has 0 saturated carbocycles. The number of anilines is 1. The third kappa shape index (κ3) is 6.15. The van der Waals surface area contributed by atoms with Gasteiger partial charge >= 0.3 is 5.97 Å². The van der Waals surface area contributed by atoms with Gasteiger partial charge in [0.05, 0.1) is 41.2 Å². The summed E-state index contributed by atoms with van der Waals surface area (Å²) in [5.41, 5.74) is 2.30. The monoisotopic (exact) mass is 513 g/mol. The summed E-state index contributed by atoms with van der Waals surface area (Å²) in [5, 5.41) is 15.9. The van der Waals surface area contributed by atoms with Crippen molar-refractivity contribution in [2.75, 3.05) is 24.8 Å². The molecule has 2 aromatic carbocycles. The van der Waals surface area contributed by atoms with Gasteiger partial charge in [-0.15, -0.1) is 0 Å². The maximum atomic E-state index is 12.9. The van der Waals surface area contributed by atoms with Crippen LogP contribution in [-0.2, 0) is 19.1 Å². The van der Waals surface area contributed by atoms with Crippen molar-refractivity contribution in [2.24, 2.45) is 5.92 Å². The Labute approximate surface area is 212 Å². The van der Waals surface area contributed by atoms with Gasteiger partial charge in [-0.05, 0) is 43.7 Å². The first-order chi connectivity index (χ1) is 16.8. The van der Waals surface area contributed by atoms with Crippen LogP contribution in [0.25, 0.3) is 0 Å². The number of allylic oxidation sites excluding steroid dienone is 1. The van der Waals surface area contributed by atoms with Gasteiger partial charge in [-0.1, -0.05) is 47.1 Å². The molecule has 1 aliphatic heterocycles. The Morgan fingerprint density at radius 2 is 1.94 bits per heavy atom. The molecule has 10 heteroatoms. The fourth-order valence-corrected chi connectivity index (χ4v) is 4.73. The minimum atomic E-state index is -1.30. The SMILES string of the molecule is CCOc1ccc([C@H]2C(C#N)=C(SCC(=O)Nc3ccc(C)cc3)NC(=O)[C@@H]2C(=O)OC)cc1Cl. The average molecular weight is 514 g/mol. The molecule has 2 N–H and O–H groups in total. The Balaban J connectivity index is 1.92. The molecule has 0 radical (unpaired) electrons. The zero-order valence-electron chi connectivity index (χ0n) is 19.4. The highest BCUT2D eigenvalue weighted by molar-refractivity contribution is 8.03. The fraction of sp³-hybridized carbons (Fsp3) is 0.280. The number of hydrogen-bond donors (Lipinski definition) is 2. The van der Waals surface area contributed by atoms with Crippen LogP contribution in [-0.4, -0.2) is 37.3 Å². The molecule has 0 aromatic heterocycles. The Bertz CT molecular complexity index is 1210. The third-order valence-electron chi connectivity index (χ3n) is 5.28. The maximum absolute atomic E-state index is 12.9. The van der Waals surface area contributed by atoms with E-state index in [1.807, 2.05) is 26.0 Å². The van der Waals surface area contributed by atoms with Crippen LogP contribution >= 0.6 is 23.4 Å². The van der Waals surface area contributed by atoms with Gasteiger partial charge in [0.1, 0.15) is 11.7 Å². The fourth-order valence-electron chi connectivity index (χ4n) is 3.63. The summed E-state index contributed by atoms with van der Waals surface area (Å²) in [6, 6.07) is 14.3. The van der Waals surface area contributed by atoms with Crippen LogP contribution in [0.2, 0.25) is 5.02 Å². The number of rotatable bonds is 8. The molecule has 3 rings (SSSR count). The van der Waals surface area contributed by atoms with Crippen molar-refractivity contribution in [2.45, 2.75) is 19.8 Å². The van der Waals surface area contributed by atoms with Gasteiger partial charge in [-0.3, -0.25) is 14.4 Å². The minimum Gasteiger partial charge on any atom is -0.492 e. The number of thioether (sulfide) groups is 1. The van der Waals surface area contributed by atoms with E-state index in [4.69, 9.17) is 21.1 Å². The van der Waals surface area contributed by atoms with Gasteiger partial charge < -0.3 is 20.1 Å².